The van der Waals surface area contributed by atoms with Gasteiger partial charge in [0.1, 0.15) is 5.69 Å². The summed E-state index contributed by atoms with van der Waals surface area (Å²) in [6.07, 6.45) is 0. The van der Waals surface area contributed by atoms with Crippen molar-refractivity contribution < 1.29 is 0 Å². The number of pyridine rings is 1. The Kier molecular flexibility index (Phi) is 2.26. The van der Waals surface area contributed by atoms with Crippen LogP contribution in [0.3, 0.4) is 0 Å². The van der Waals surface area contributed by atoms with Crippen LogP contribution in [0.4, 0.5) is 5.82 Å². The fourth-order valence-electron chi connectivity index (χ4n) is 1.77. The average Bonchev–Trinajstić information content (AvgIpc) is 2.75. The summed E-state index contributed by atoms with van der Waals surface area (Å²) in [7, 11) is 0. The monoisotopic (exact) mass is 242 g/mol. The van der Waals surface area contributed by atoms with Crippen LogP contribution in [0.25, 0.3) is 22.2 Å². The molecule has 0 fully saturated rings. The molecule has 0 spiro atoms. The normalized spacial score (nSPS) is 10.9. The lowest BCUT2D eigenvalue weighted by Crippen LogP contribution is -1.89. The van der Waals surface area contributed by atoms with Crippen LogP contribution in [0.5, 0.6) is 0 Å². The Morgan fingerprint density at radius 1 is 1.12 bits per heavy atom. The molecule has 0 aliphatic carbocycles. The van der Waals surface area contributed by atoms with Crippen LogP contribution in [0.2, 0.25) is 0 Å². The van der Waals surface area contributed by atoms with Gasteiger partial charge in [0, 0.05) is 16.6 Å². The van der Waals surface area contributed by atoms with Crippen molar-refractivity contribution in [1.82, 2.24) is 13.7 Å². The molecule has 0 atom stereocenters. The fourth-order valence-corrected chi connectivity index (χ4v) is 2.27. The molecule has 4 nitrogen and oxygen atoms in total. The van der Waals surface area contributed by atoms with Crippen molar-refractivity contribution in [3.05, 3.63) is 36.0 Å². The van der Waals surface area contributed by atoms with Crippen molar-refractivity contribution in [1.29, 1.82) is 0 Å². The number of rotatable bonds is 1. The molecule has 0 aliphatic rings. The molecule has 2 heterocycles. The third-order valence-corrected chi connectivity index (χ3v) is 3.16. The van der Waals surface area contributed by atoms with E-state index in [0.29, 0.717) is 5.82 Å². The Bertz CT molecular complexity index is 690. The maximum absolute atomic E-state index is 5.76. The van der Waals surface area contributed by atoms with Gasteiger partial charge in [0.25, 0.3) is 0 Å². The molecule has 3 rings (SSSR count). The molecule has 1 aromatic carbocycles. The minimum absolute atomic E-state index is 0.481. The molecule has 5 heteroatoms. The molecule has 0 bridgehead atoms. The lowest BCUT2D eigenvalue weighted by atomic mass is 10.1. The van der Waals surface area contributed by atoms with Gasteiger partial charge in [0.15, 0.2) is 5.82 Å². The minimum Gasteiger partial charge on any atom is -0.381 e. The number of anilines is 1. The van der Waals surface area contributed by atoms with Crippen molar-refractivity contribution >= 4 is 28.4 Å². The first-order valence-electron chi connectivity index (χ1n) is 5.20. The molecule has 0 amide bonds. The zero-order valence-electron chi connectivity index (χ0n) is 9.21. The summed E-state index contributed by atoms with van der Waals surface area (Å²) in [5, 5.41) is 1.08. The van der Waals surface area contributed by atoms with E-state index in [2.05, 4.69) is 19.8 Å². The van der Waals surface area contributed by atoms with Crippen LogP contribution in [-0.2, 0) is 0 Å². The van der Waals surface area contributed by atoms with Crippen LogP contribution < -0.4 is 5.73 Å². The lowest BCUT2D eigenvalue weighted by molar-refractivity contribution is 1.26. The van der Waals surface area contributed by atoms with E-state index < -0.39 is 0 Å². The Morgan fingerprint density at radius 3 is 2.76 bits per heavy atom. The Hall–Kier alpha value is -2.01. The summed E-state index contributed by atoms with van der Waals surface area (Å²) in [5.41, 5.74) is 9.49. The minimum atomic E-state index is 0.481. The van der Waals surface area contributed by atoms with E-state index >= 15 is 0 Å². The Labute approximate surface area is 102 Å². The van der Waals surface area contributed by atoms with E-state index in [9.17, 15) is 0 Å². The van der Waals surface area contributed by atoms with Gasteiger partial charge in [-0.05, 0) is 25.1 Å². The highest BCUT2D eigenvalue weighted by molar-refractivity contribution is 6.99. The number of nitrogens with zero attached hydrogens (tertiary/aromatic N) is 3. The Balaban J connectivity index is 2.20. The molecule has 84 valence electrons. The van der Waals surface area contributed by atoms with Crippen molar-refractivity contribution in [3.63, 3.8) is 0 Å². The van der Waals surface area contributed by atoms with Gasteiger partial charge in [-0.3, -0.25) is 4.98 Å². The van der Waals surface area contributed by atoms with Crippen molar-refractivity contribution in [2.45, 2.75) is 6.92 Å². The van der Waals surface area contributed by atoms with Gasteiger partial charge in [0.2, 0.25) is 0 Å². The largest absolute Gasteiger partial charge is 0.381 e. The molecule has 0 unspecified atom stereocenters. The average molecular weight is 242 g/mol. The number of fused-ring (bicyclic) bond motifs is 1. The summed E-state index contributed by atoms with van der Waals surface area (Å²) in [6.45, 7) is 1.98. The van der Waals surface area contributed by atoms with Gasteiger partial charge < -0.3 is 5.73 Å². The number of nitrogen functional groups attached to an aromatic ring is 1. The Morgan fingerprint density at radius 2 is 2.00 bits per heavy atom. The van der Waals surface area contributed by atoms with Crippen molar-refractivity contribution in [3.8, 4) is 11.3 Å². The third kappa shape index (κ3) is 1.74. The van der Waals surface area contributed by atoms with Crippen LogP contribution in [0, 0.1) is 6.92 Å². The predicted octanol–water partition coefficient (Wildman–Crippen LogP) is 2.64. The van der Waals surface area contributed by atoms with E-state index in [1.807, 2.05) is 31.2 Å². The van der Waals surface area contributed by atoms with Crippen LogP contribution in [-0.4, -0.2) is 13.7 Å². The molecule has 3 aromatic rings. The molecule has 0 aliphatic heterocycles. The van der Waals surface area contributed by atoms with Gasteiger partial charge in [-0.2, -0.15) is 8.75 Å². The highest BCUT2D eigenvalue weighted by atomic mass is 32.1. The van der Waals surface area contributed by atoms with Gasteiger partial charge in [-0.25, -0.2) is 0 Å². The number of benzene rings is 1. The SMILES string of the molecule is Cc1ccc2cc(-c3nsnc3N)ccc2n1. The third-order valence-electron chi connectivity index (χ3n) is 2.62. The molecule has 0 saturated heterocycles. The lowest BCUT2D eigenvalue weighted by Gasteiger charge is -2.02. The second-order valence-corrected chi connectivity index (χ2v) is 4.39. The number of aryl methyl sites for hydroxylation is 1. The quantitative estimate of drug-likeness (QED) is 0.712. The molecular formula is C12H10N4S. The first kappa shape index (κ1) is 10.2. The van der Waals surface area contributed by atoms with E-state index in [1.165, 1.54) is 0 Å². The number of nitrogens with two attached hydrogens (primary N) is 1. The van der Waals surface area contributed by atoms with Crippen LogP contribution >= 0.6 is 11.7 Å². The second kappa shape index (κ2) is 3.78. The van der Waals surface area contributed by atoms with E-state index in [0.717, 1.165) is 39.6 Å². The first-order chi connectivity index (χ1) is 8.24. The van der Waals surface area contributed by atoms with E-state index in [4.69, 9.17) is 5.73 Å². The van der Waals surface area contributed by atoms with Gasteiger partial charge in [-0.15, -0.1) is 0 Å². The standard InChI is InChI=1S/C12H10N4S/c1-7-2-3-8-6-9(4-5-10(8)14-7)11-12(13)16-17-15-11/h2-6H,1H3,(H2,13,16). The molecule has 2 aromatic heterocycles. The highest BCUT2D eigenvalue weighted by Crippen LogP contribution is 2.26. The van der Waals surface area contributed by atoms with Crippen molar-refractivity contribution in [2.24, 2.45) is 0 Å². The zero-order valence-corrected chi connectivity index (χ0v) is 10.0. The van der Waals surface area contributed by atoms with Crippen LogP contribution in [0.1, 0.15) is 5.69 Å². The van der Waals surface area contributed by atoms with Gasteiger partial charge in [-0.1, -0.05) is 12.1 Å². The maximum atomic E-state index is 5.76. The highest BCUT2D eigenvalue weighted by Gasteiger charge is 2.08. The number of aromatic nitrogens is 3. The van der Waals surface area contributed by atoms with Gasteiger partial charge >= 0.3 is 0 Å². The fraction of sp³-hybridized carbons (Fsp3) is 0.0833. The number of hydrogen-bond acceptors (Lipinski definition) is 5. The van der Waals surface area contributed by atoms with E-state index in [1.54, 1.807) is 0 Å². The molecule has 0 saturated carbocycles. The maximum Gasteiger partial charge on any atom is 0.165 e. The smallest absolute Gasteiger partial charge is 0.165 e. The molecule has 0 radical (unpaired) electrons. The second-order valence-electron chi connectivity index (χ2n) is 3.86. The van der Waals surface area contributed by atoms with Crippen LogP contribution in [0.15, 0.2) is 30.3 Å². The predicted molar refractivity (Wildman–Crippen MR) is 69.8 cm³/mol. The summed E-state index contributed by atoms with van der Waals surface area (Å²) in [5.74, 6) is 0.481. The summed E-state index contributed by atoms with van der Waals surface area (Å²) in [4.78, 5) is 4.46. The molecule has 17 heavy (non-hydrogen) atoms. The van der Waals surface area contributed by atoms with Crippen molar-refractivity contribution in [2.75, 3.05) is 5.73 Å². The number of hydrogen-bond donors (Lipinski definition) is 1. The summed E-state index contributed by atoms with van der Waals surface area (Å²) >= 11 is 1.13. The zero-order chi connectivity index (χ0) is 11.8. The van der Waals surface area contributed by atoms with E-state index in [-0.39, 0.29) is 0 Å². The first-order valence-corrected chi connectivity index (χ1v) is 5.93. The molecule has 2 N–H and O–H groups in total. The molecular weight excluding hydrogens is 232 g/mol. The topological polar surface area (TPSA) is 64.7 Å². The summed E-state index contributed by atoms with van der Waals surface area (Å²) < 4.78 is 8.18. The summed E-state index contributed by atoms with van der Waals surface area (Å²) in [6, 6.07) is 10.0. The van der Waals surface area contributed by atoms with Gasteiger partial charge in [0.05, 0.1) is 17.2 Å².